The van der Waals surface area contributed by atoms with Gasteiger partial charge in [-0.2, -0.15) is 0 Å². The lowest BCUT2D eigenvalue weighted by atomic mass is 9.81. The molecule has 0 heterocycles. The van der Waals surface area contributed by atoms with Gasteiger partial charge in [0.25, 0.3) is 0 Å². The molecule has 0 aliphatic carbocycles. The van der Waals surface area contributed by atoms with E-state index in [1.807, 2.05) is 0 Å². The summed E-state index contributed by atoms with van der Waals surface area (Å²) in [7, 11) is 4.36. The van der Waals surface area contributed by atoms with Crippen LogP contribution in [0.4, 0.5) is 0 Å². The zero-order valence-electron chi connectivity index (χ0n) is 14.2. The highest BCUT2D eigenvalue weighted by atomic mass is 15.2. The standard InChI is InChI=1S/C17H38N2/c1-6-9-10-11-12-13-14-15-16(18)17(7-2,8-3)19(4)5/h16H,6-15,18H2,1-5H3. The molecule has 0 bridgehead atoms. The number of nitrogens with two attached hydrogens (primary N) is 1. The summed E-state index contributed by atoms with van der Waals surface area (Å²) in [5.74, 6) is 0. The zero-order chi connectivity index (χ0) is 14.7. The molecule has 0 aliphatic rings. The van der Waals surface area contributed by atoms with E-state index >= 15 is 0 Å². The largest absolute Gasteiger partial charge is 0.326 e. The Labute approximate surface area is 122 Å². The van der Waals surface area contributed by atoms with Gasteiger partial charge in [0, 0.05) is 11.6 Å². The second-order valence-electron chi connectivity index (χ2n) is 6.22. The predicted octanol–water partition coefficient (Wildman–Crippen LogP) is 4.57. The van der Waals surface area contributed by atoms with Gasteiger partial charge in [-0.05, 0) is 33.4 Å². The van der Waals surface area contributed by atoms with Crippen LogP contribution in [0.3, 0.4) is 0 Å². The maximum Gasteiger partial charge on any atom is 0.0349 e. The first kappa shape index (κ1) is 18.9. The van der Waals surface area contributed by atoms with Crippen molar-refractivity contribution in [1.29, 1.82) is 0 Å². The van der Waals surface area contributed by atoms with Crippen LogP contribution in [0.2, 0.25) is 0 Å². The average molecular weight is 271 g/mol. The Morgan fingerprint density at radius 3 is 1.74 bits per heavy atom. The van der Waals surface area contributed by atoms with Crippen LogP contribution in [0.5, 0.6) is 0 Å². The van der Waals surface area contributed by atoms with Crippen molar-refractivity contribution >= 4 is 0 Å². The van der Waals surface area contributed by atoms with Gasteiger partial charge in [-0.25, -0.2) is 0 Å². The van der Waals surface area contributed by atoms with Gasteiger partial charge in [0.1, 0.15) is 0 Å². The molecule has 0 amide bonds. The van der Waals surface area contributed by atoms with Gasteiger partial charge in [-0.3, -0.25) is 0 Å². The second kappa shape index (κ2) is 10.7. The van der Waals surface area contributed by atoms with E-state index in [1.54, 1.807) is 0 Å². The topological polar surface area (TPSA) is 29.3 Å². The summed E-state index contributed by atoms with van der Waals surface area (Å²) in [4.78, 5) is 2.35. The molecule has 2 heteroatoms. The Morgan fingerprint density at radius 1 is 0.842 bits per heavy atom. The number of unbranched alkanes of at least 4 members (excludes halogenated alkanes) is 6. The van der Waals surface area contributed by atoms with E-state index < -0.39 is 0 Å². The maximum absolute atomic E-state index is 6.50. The van der Waals surface area contributed by atoms with Crippen LogP contribution in [-0.4, -0.2) is 30.6 Å². The van der Waals surface area contributed by atoms with Crippen LogP contribution >= 0.6 is 0 Å². The Balaban J connectivity index is 3.91. The van der Waals surface area contributed by atoms with Crippen LogP contribution in [0, 0.1) is 0 Å². The van der Waals surface area contributed by atoms with Gasteiger partial charge in [0.15, 0.2) is 0 Å². The lowest BCUT2D eigenvalue weighted by Gasteiger charge is -2.43. The molecule has 1 atom stereocenters. The van der Waals surface area contributed by atoms with Gasteiger partial charge in [0.2, 0.25) is 0 Å². The van der Waals surface area contributed by atoms with Crippen molar-refractivity contribution in [3.05, 3.63) is 0 Å². The molecule has 0 spiro atoms. The normalized spacial score (nSPS) is 14.1. The summed E-state index contributed by atoms with van der Waals surface area (Å²) in [6.45, 7) is 6.82. The highest BCUT2D eigenvalue weighted by molar-refractivity contribution is 4.95. The molecule has 0 saturated carbocycles. The number of likely N-dealkylation sites (N-methyl/N-ethyl adjacent to an activating group) is 1. The fourth-order valence-corrected chi connectivity index (χ4v) is 3.33. The summed E-state index contributed by atoms with van der Waals surface area (Å²) in [5.41, 5.74) is 6.69. The summed E-state index contributed by atoms with van der Waals surface area (Å²) in [6.07, 6.45) is 13.1. The van der Waals surface area contributed by atoms with Crippen molar-refractivity contribution in [2.45, 2.75) is 96.6 Å². The number of hydrogen-bond donors (Lipinski definition) is 1. The molecular formula is C17H38N2. The van der Waals surface area contributed by atoms with E-state index in [2.05, 4.69) is 39.8 Å². The number of hydrogen-bond acceptors (Lipinski definition) is 2. The van der Waals surface area contributed by atoms with Gasteiger partial charge >= 0.3 is 0 Å². The molecule has 2 nitrogen and oxygen atoms in total. The Bertz CT molecular complexity index is 197. The van der Waals surface area contributed by atoms with Gasteiger partial charge in [0.05, 0.1) is 0 Å². The van der Waals surface area contributed by atoms with Crippen LogP contribution < -0.4 is 5.73 Å². The molecule has 1 unspecified atom stereocenters. The zero-order valence-corrected chi connectivity index (χ0v) is 14.2. The minimum Gasteiger partial charge on any atom is -0.326 e. The van der Waals surface area contributed by atoms with E-state index in [-0.39, 0.29) is 5.54 Å². The molecule has 2 N–H and O–H groups in total. The fraction of sp³-hybridized carbons (Fsp3) is 1.00. The fourth-order valence-electron chi connectivity index (χ4n) is 3.33. The number of nitrogens with zero attached hydrogens (tertiary/aromatic N) is 1. The molecule has 19 heavy (non-hydrogen) atoms. The summed E-state index contributed by atoms with van der Waals surface area (Å²) >= 11 is 0. The third-order valence-electron chi connectivity index (χ3n) is 4.92. The van der Waals surface area contributed by atoms with Gasteiger partial charge < -0.3 is 10.6 Å². The molecule has 0 saturated heterocycles. The third-order valence-corrected chi connectivity index (χ3v) is 4.92. The van der Waals surface area contributed by atoms with Crippen LogP contribution in [0.1, 0.15) is 85.0 Å². The first-order valence-corrected chi connectivity index (χ1v) is 8.48. The Kier molecular flexibility index (Phi) is 10.6. The molecule has 0 rings (SSSR count). The highest BCUT2D eigenvalue weighted by Gasteiger charge is 2.34. The van der Waals surface area contributed by atoms with E-state index in [0.717, 1.165) is 12.8 Å². The minimum atomic E-state index is 0.197. The predicted molar refractivity (Wildman–Crippen MR) is 87.6 cm³/mol. The third kappa shape index (κ3) is 6.27. The first-order chi connectivity index (χ1) is 9.05. The van der Waals surface area contributed by atoms with E-state index in [9.17, 15) is 0 Å². The van der Waals surface area contributed by atoms with Crippen molar-refractivity contribution in [2.24, 2.45) is 5.73 Å². The van der Waals surface area contributed by atoms with Crippen LogP contribution in [-0.2, 0) is 0 Å². The van der Waals surface area contributed by atoms with Crippen molar-refractivity contribution < 1.29 is 0 Å². The van der Waals surface area contributed by atoms with Gasteiger partial charge in [-0.15, -0.1) is 0 Å². The Hall–Kier alpha value is -0.0800. The minimum absolute atomic E-state index is 0.197. The monoisotopic (exact) mass is 270 g/mol. The smallest absolute Gasteiger partial charge is 0.0349 e. The number of rotatable bonds is 12. The van der Waals surface area contributed by atoms with Crippen molar-refractivity contribution in [1.82, 2.24) is 4.90 Å². The van der Waals surface area contributed by atoms with Crippen molar-refractivity contribution in [3.63, 3.8) is 0 Å². The molecule has 0 radical (unpaired) electrons. The molecular weight excluding hydrogens is 232 g/mol. The van der Waals surface area contributed by atoms with E-state index in [0.29, 0.717) is 6.04 Å². The molecule has 0 aromatic heterocycles. The van der Waals surface area contributed by atoms with Gasteiger partial charge in [-0.1, -0.05) is 65.7 Å². The lowest BCUT2D eigenvalue weighted by Crippen LogP contribution is -2.56. The molecule has 0 fully saturated rings. The molecule has 116 valence electrons. The molecule has 0 aromatic carbocycles. The van der Waals surface area contributed by atoms with E-state index in [1.165, 1.54) is 51.4 Å². The highest BCUT2D eigenvalue weighted by Crippen LogP contribution is 2.27. The first-order valence-electron chi connectivity index (χ1n) is 8.48. The average Bonchev–Trinajstić information content (AvgIpc) is 2.39. The van der Waals surface area contributed by atoms with Crippen LogP contribution in [0.25, 0.3) is 0 Å². The SMILES string of the molecule is CCCCCCCCCC(N)C(CC)(CC)N(C)C. The Morgan fingerprint density at radius 2 is 1.32 bits per heavy atom. The van der Waals surface area contributed by atoms with Crippen molar-refractivity contribution in [3.8, 4) is 0 Å². The lowest BCUT2D eigenvalue weighted by molar-refractivity contribution is 0.100. The second-order valence-corrected chi connectivity index (χ2v) is 6.22. The van der Waals surface area contributed by atoms with E-state index in [4.69, 9.17) is 5.73 Å². The quantitative estimate of drug-likeness (QED) is 0.526. The van der Waals surface area contributed by atoms with Crippen LogP contribution in [0.15, 0.2) is 0 Å². The summed E-state index contributed by atoms with van der Waals surface area (Å²) < 4.78 is 0. The summed E-state index contributed by atoms with van der Waals surface area (Å²) in [6, 6.07) is 0.313. The maximum atomic E-state index is 6.50. The summed E-state index contributed by atoms with van der Waals surface area (Å²) in [5, 5.41) is 0. The molecule has 0 aliphatic heterocycles. The molecule has 0 aromatic rings. The van der Waals surface area contributed by atoms with Crippen molar-refractivity contribution in [2.75, 3.05) is 14.1 Å².